The zero-order valence-corrected chi connectivity index (χ0v) is 22.2. The lowest BCUT2D eigenvalue weighted by Gasteiger charge is -2.32. The molecule has 8 nitrogen and oxygen atoms in total. The summed E-state index contributed by atoms with van der Waals surface area (Å²) in [4.78, 5) is 36.5. The third-order valence-electron chi connectivity index (χ3n) is 6.53. The van der Waals surface area contributed by atoms with Crippen LogP contribution in [0, 0.1) is 6.92 Å². The smallest absolute Gasteiger partial charge is 0.260 e. The molecule has 4 heterocycles. The summed E-state index contributed by atoms with van der Waals surface area (Å²) < 4.78 is 1.78. The highest BCUT2D eigenvalue weighted by atomic mass is 35.5. The average Bonchev–Trinajstić information content (AvgIpc) is 2.88. The number of nitrogens with zero attached hydrogens (tertiary/aromatic N) is 7. The topological polar surface area (TPSA) is 80.0 Å². The zero-order chi connectivity index (χ0) is 25.2. The minimum absolute atomic E-state index is 0.104. The molecule has 0 spiro atoms. The Bertz CT molecular complexity index is 1470. The largest absolute Gasteiger partial charge is 0.304 e. The fourth-order valence-electron chi connectivity index (χ4n) is 4.45. The Kier molecular flexibility index (Phi) is 7.34. The monoisotopic (exact) mass is 521 g/mol. The van der Waals surface area contributed by atoms with Gasteiger partial charge >= 0.3 is 0 Å². The second kappa shape index (κ2) is 10.6. The van der Waals surface area contributed by atoms with E-state index in [0.29, 0.717) is 33.5 Å². The van der Waals surface area contributed by atoms with E-state index >= 15 is 0 Å². The molecule has 0 N–H and O–H groups in total. The summed E-state index contributed by atoms with van der Waals surface area (Å²) in [6.45, 7) is 7.27. The Morgan fingerprint density at radius 1 is 1.00 bits per heavy atom. The number of benzene rings is 1. The summed E-state index contributed by atoms with van der Waals surface area (Å²) in [6, 6.07) is 7.50. The summed E-state index contributed by atoms with van der Waals surface area (Å²) in [5.74, 6) is 0. The molecule has 0 bridgehead atoms. The van der Waals surface area contributed by atoms with E-state index in [4.69, 9.17) is 11.6 Å². The molecule has 186 valence electrons. The van der Waals surface area contributed by atoms with E-state index in [0.717, 1.165) is 55.1 Å². The standard InChI is InChI=1S/C26H28ClN7OS/c1-17-14-28-16-23(30-17)18-4-5-20(22(27)13-18)21-12-19-15-29-26(36-3)31-24(19)34(25(21)35)11-10-33-8-6-32(2)7-9-33/h4-5,12-16H,6-11H2,1-3H3. The molecule has 1 saturated heterocycles. The Morgan fingerprint density at radius 2 is 1.81 bits per heavy atom. The van der Waals surface area contributed by atoms with E-state index in [-0.39, 0.29) is 5.56 Å². The van der Waals surface area contributed by atoms with Crippen LogP contribution in [0.4, 0.5) is 0 Å². The molecule has 1 aliphatic rings. The van der Waals surface area contributed by atoms with E-state index < -0.39 is 0 Å². The van der Waals surface area contributed by atoms with Gasteiger partial charge in [-0.25, -0.2) is 15.0 Å². The van der Waals surface area contributed by atoms with Crippen LogP contribution in [0.2, 0.25) is 5.02 Å². The van der Waals surface area contributed by atoms with Crippen LogP contribution < -0.4 is 5.56 Å². The number of rotatable bonds is 6. The van der Waals surface area contributed by atoms with E-state index in [9.17, 15) is 4.79 Å². The Balaban J connectivity index is 1.56. The molecular weight excluding hydrogens is 494 g/mol. The summed E-state index contributed by atoms with van der Waals surface area (Å²) in [6.07, 6.45) is 7.14. The number of hydrogen-bond acceptors (Lipinski definition) is 8. The van der Waals surface area contributed by atoms with Gasteiger partial charge in [-0.15, -0.1) is 0 Å². The first-order valence-corrected chi connectivity index (χ1v) is 13.5. The minimum atomic E-state index is -0.104. The fraction of sp³-hybridized carbons (Fsp3) is 0.346. The number of thioether (sulfide) groups is 1. The van der Waals surface area contributed by atoms with Crippen molar-refractivity contribution in [2.45, 2.75) is 18.6 Å². The highest BCUT2D eigenvalue weighted by molar-refractivity contribution is 7.98. The molecule has 5 rings (SSSR count). The molecule has 0 radical (unpaired) electrons. The predicted molar refractivity (Wildman–Crippen MR) is 146 cm³/mol. The Morgan fingerprint density at radius 3 is 2.53 bits per heavy atom. The number of aromatic nitrogens is 5. The second-order valence-corrected chi connectivity index (χ2v) is 10.2. The van der Waals surface area contributed by atoms with Gasteiger partial charge in [0.05, 0.1) is 17.6 Å². The summed E-state index contributed by atoms with van der Waals surface area (Å²) >= 11 is 8.21. The molecule has 1 aromatic carbocycles. The van der Waals surface area contributed by atoms with Gasteiger partial charge in [-0.1, -0.05) is 35.5 Å². The highest BCUT2D eigenvalue weighted by Crippen LogP contribution is 2.31. The van der Waals surface area contributed by atoms with Crippen molar-refractivity contribution in [1.82, 2.24) is 34.3 Å². The maximum atomic E-state index is 13.8. The number of likely N-dealkylation sites (N-methyl/N-ethyl adjacent to an activating group) is 1. The van der Waals surface area contributed by atoms with Crippen LogP contribution in [0.1, 0.15) is 5.69 Å². The molecule has 4 aromatic rings. The van der Waals surface area contributed by atoms with Crippen molar-refractivity contribution in [3.8, 4) is 22.4 Å². The van der Waals surface area contributed by atoms with Gasteiger partial charge in [0.15, 0.2) is 5.16 Å². The van der Waals surface area contributed by atoms with Crippen LogP contribution in [0.3, 0.4) is 0 Å². The minimum Gasteiger partial charge on any atom is -0.304 e. The van der Waals surface area contributed by atoms with Gasteiger partial charge < -0.3 is 4.90 Å². The van der Waals surface area contributed by atoms with Crippen molar-refractivity contribution < 1.29 is 0 Å². The lowest BCUT2D eigenvalue weighted by atomic mass is 10.0. The molecule has 36 heavy (non-hydrogen) atoms. The zero-order valence-electron chi connectivity index (χ0n) is 20.6. The molecule has 0 saturated carbocycles. The maximum absolute atomic E-state index is 13.8. The lowest BCUT2D eigenvalue weighted by Crippen LogP contribution is -2.45. The molecule has 0 amide bonds. The Hall–Kier alpha value is -2.85. The number of halogens is 1. The van der Waals surface area contributed by atoms with Crippen LogP contribution >= 0.6 is 23.4 Å². The maximum Gasteiger partial charge on any atom is 0.260 e. The summed E-state index contributed by atoms with van der Waals surface area (Å²) in [5, 5.41) is 1.94. The first-order valence-electron chi connectivity index (χ1n) is 11.9. The second-order valence-electron chi connectivity index (χ2n) is 9.04. The molecule has 0 atom stereocenters. The molecule has 1 fully saturated rings. The highest BCUT2D eigenvalue weighted by Gasteiger charge is 2.18. The normalized spacial score (nSPS) is 15.0. The number of fused-ring (bicyclic) bond motifs is 1. The molecule has 1 aliphatic heterocycles. The summed E-state index contributed by atoms with van der Waals surface area (Å²) in [5.41, 5.74) is 4.18. The van der Waals surface area contributed by atoms with E-state index in [1.807, 2.05) is 37.4 Å². The Labute approximate surface area is 219 Å². The SMILES string of the molecule is CSc1ncc2cc(-c3ccc(-c4cncc(C)n4)cc3Cl)c(=O)n(CCN3CCN(C)CC3)c2n1. The van der Waals surface area contributed by atoms with Gasteiger partial charge in [-0.2, -0.15) is 0 Å². The van der Waals surface area contributed by atoms with Crippen LogP contribution in [0.25, 0.3) is 33.4 Å². The van der Waals surface area contributed by atoms with E-state index in [1.165, 1.54) is 11.8 Å². The average molecular weight is 522 g/mol. The molecule has 3 aromatic heterocycles. The number of piperazine rings is 1. The lowest BCUT2D eigenvalue weighted by molar-refractivity contribution is 0.150. The van der Waals surface area contributed by atoms with E-state index in [2.05, 4.69) is 36.8 Å². The first kappa shape index (κ1) is 24.8. The van der Waals surface area contributed by atoms with Crippen molar-refractivity contribution in [3.63, 3.8) is 0 Å². The van der Waals surface area contributed by atoms with Crippen molar-refractivity contribution in [3.05, 3.63) is 63.9 Å². The van der Waals surface area contributed by atoms with E-state index in [1.54, 1.807) is 23.2 Å². The third kappa shape index (κ3) is 5.15. The molecule has 0 unspecified atom stereocenters. The van der Waals surface area contributed by atoms with Crippen LogP contribution in [0.15, 0.2) is 52.8 Å². The van der Waals surface area contributed by atoms with Crippen molar-refractivity contribution in [2.24, 2.45) is 0 Å². The quantitative estimate of drug-likeness (QED) is 0.279. The van der Waals surface area contributed by atoms with Crippen LogP contribution in [0.5, 0.6) is 0 Å². The molecule has 10 heteroatoms. The van der Waals surface area contributed by atoms with Gasteiger partial charge in [-0.05, 0) is 32.4 Å². The molecule has 0 aliphatic carbocycles. The van der Waals surface area contributed by atoms with Gasteiger partial charge in [0.1, 0.15) is 5.65 Å². The number of hydrogen-bond donors (Lipinski definition) is 0. The van der Waals surface area contributed by atoms with Gasteiger partial charge in [0, 0.05) is 78.8 Å². The van der Waals surface area contributed by atoms with Crippen molar-refractivity contribution in [1.29, 1.82) is 0 Å². The number of aryl methyl sites for hydroxylation is 1. The molecular formula is C26H28ClN7OS. The van der Waals surface area contributed by atoms with Gasteiger partial charge in [0.2, 0.25) is 0 Å². The summed E-state index contributed by atoms with van der Waals surface area (Å²) in [7, 11) is 2.14. The van der Waals surface area contributed by atoms with Gasteiger partial charge in [-0.3, -0.25) is 19.2 Å². The first-order chi connectivity index (χ1) is 17.4. The van der Waals surface area contributed by atoms with Gasteiger partial charge in [0.25, 0.3) is 5.56 Å². The fourth-order valence-corrected chi connectivity index (χ4v) is 5.07. The van der Waals surface area contributed by atoms with Crippen molar-refractivity contribution >= 4 is 34.4 Å². The van der Waals surface area contributed by atoms with Crippen LogP contribution in [-0.2, 0) is 6.54 Å². The predicted octanol–water partition coefficient (Wildman–Crippen LogP) is 3.85. The number of pyridine rings is 1. The van der Waals surface area contributed by atoms with Crippen LogP contribution in [-0.4, -0.2) is 80.3 Å². The third-order valence-corrected chi connectivity index (χ3v) is 7.41. The van der Waals surface area contributed by atoms with Crippen molar-refractivity contribution in [2.75, 3.05) is 46.0 Å².